The predicted molar refractivity (Wildman–Crippen MR) is 44.4 cm³/mol. The SMILES string of the molecule is Nc1cc(Cl)ccc1S(=O)(=O)[IH+]. The van der Waals surface area contributed by atoms with E-state index >= 15 is 0 Å². The Morgan fingerprint density at radius 3 is 2.42 bits per heavy atom. The van der Waals surface area contributed by atoms with Crippen LogP contribution in [0.15, 0.2) is 23.1 Å². The van der Waals surface area contributed by atoms with Crippen LogP contribution in [0.3, 0.4) is 0 Å². The van der Waals surface area contributed by atoms with Gasteiger partial charge in [-0.15, -0.1) is 0 Å². The van der Waals surface area contributed by atoms with Crippen molar-refractivity contribution in [3.63, 3.8) is 0 Å². The number of benzene rings is 1. The van der Waals surface area contributed by atoms with E-state index in [-0.39, 0.29) is 10.6 Å². The van der Waals surface area contributed by atoms with Gasteiger partial charge in [-0.2, -0.15) is 8.42 Å². The third-order valence-electron chi connectivity index (χ3n) is 1.24. The van der Waals surface area contributed by atoms with E-state index in [1.54, 1.807) is 0 Å². The van der Waals surface area contributed by atoms with E-state index in [0.717, 1.165) is 21.2 Å². The molecule has 1 aromatic carbocycles. The van der Waals surface area contributed by atoms with Crippen molar-refractivity contribution in [2.45, 2.75) is 4.90 Å². The van der Waals surface area contributed by atoms with Crippen molar-refractivity contribution < 1.29 is 29.6 Å². The zero-order valence-corrected chi connectivity index (χ0v) is 9.72. The average molecular weight is 319 g/mol. The highest BCUT2D eigenvalue weighted by Crippen LogP contribution is 2.19. The van der Waals surface area contributed by atoms with Gasteiger partial charge in [-0.05, 0) is 18.2 Å². The first-order valence-corrected chi connectivity index (χ1v) is 7.56. The molecule has 2 N–H and O–H groups in total. The minimum Gasteiger partial charge on any atom is -0.398 e. The first kappa shape index (κ1) is 10.1. The Morgan fingerprint density at radius 2 is 2.00 bits per heavy atom. The maximum absolute atomic E-state index is 11.0. The number of nitrogens with two attached hydrogens (primary N) is 1. The van der Waals surface area contributed by atoms with Gasteiger partial charge < -0.3 is 5.73 Å². The summed E-state index contributed by atoms with van der Waals surface area (Å²) in [5, 5.41) is 0.432. The molecule has 0 heterocycles. The largest absolute Gasteiger partial charge is 0.404 e. The first-order valence-electron chi connectivity index (χ1n) is 2.92. The first-order chi connectivity index (χ1) is 5.41. The second kappa shape index (κ2) is 3.39. The van der Waals surface area contributed by atoms with Crippen LogP contribution < -0.4 is 26.9 Å². The fraction of sp³-hybridized carbons (Fsp3) is 0. The number of nitrogen functional groups attached to an aromatic ring is 1. The van der Waals surface area contributed by atoms with Crippen LogP contribution in [0.4, 0.5) is 5.69 Å². The van der Waals surface area contributed by atoms with Crippen molar-refractivity contribution in [1.29, 1.82) is 0 Å². The second-order valence-electron chi connectivity index (χ2n) is 2.14. The molecule has 0 aliphatic rings. The zero-order chi connectivity index (χ0) is 9.35. The summed E-state index contributed by atoms with van der Waals surface area (Å²) in [5.74, 6) is 0. The van der Waals surface area contributed by atoms with E-state index < -0.39 is 7.01 Å². The molecular weight excluding hydrogens is 312 g/mol. The molecule has 0 radical (unpaired) electrons. The van der Waals surface area contributed by atoms with Crippen molar-refractivity contribution in [2.24, 2.45) is 0 Å². The summed E-state index contributed by atoms with van der Waals surface area (Å²) in [6.07, 6.45) is 0. The highest BCUT2D eigenvalue weighted by Gasteiger charge is 2.21. The summed E-state index contributed by atoms with van der Waals surface area (Å²) in [6, 6.07) is 4.31. The highest BCUT2D eigenvalue weighted by molar-refractivity contribution is 7.84. The number of hydrogen-bond acceptors (Lipinski definition) is 3. The highest BCUT2D eigenvalue weighted by atomic mass is 127. The topological polar surface area (TPSA) is 60.2 Å². The molecule has 66 valence electrons. The zero-order valence-electron chi connectivity index (χ0n) is 5.82. The van der Waals surface area contributed by atoms with Crippen molar-refractivity contribution in [3.05, 3.63) is 23.2 Å². The number of halogens is 2. The third kappa shape index (κ3) is 2.24. The quantitative estimate of drug-likeness (QED) is 0.366. The smallest absolute Gasteiger partial charge is 0.398 e. The Morgan fingerprint density at radius 1 is 1.42 bits per heavy atom. The van der Waals surface area contributed by atoms with Crippen LogP contribution in [-0.4, -0.2) is 8.42 Å². The molecule has 0 unspecified atom stereocenters. The summed E-state index contributed by atoms with van der Waals surface area (Å²) < 4.78 is 22.1. The minimum atomic E-state index is -3.22. The molecule has 0 saturated heterocycles. The van der Waals surface area contributed by atoms with Gasteiger partial charge in [0.15, 0.2) is 0 Å². The molecule has 0 bridgehead atoms. The Hall–Kier alpha value is -0.0100. The van der Waals surface area contributed by atoms with E-state index in [4.69, 9.17) is 17.3 Å². The van der Waals surface area contributed by atoms with Crippen LogP contribution in [0.1, 0.15) is 0 Å². The number of rotatable bonds is 1. The van der Waals surface area contributed by atoms with Gasteiger partial charge in [-0.25, -0.2) is 0 Å². The normalized spacial score (nSPS) is 11.5. The summed E-state index contributed by atoms with van der Waals surface area (Å²) in [7, 11) is -3.22. The second-order valence-corrected chi connectivity index (χ2v) is 7.68. The van der Waals surface area contributed by atoms with E-state index in [9.17, 15) is 8.42 Å². The van der Waals surface area contributed by atoms with Crippen molar-refractivity contribution in [1.82, 2.24) is 0 Å². The lowest BCUT2D eigenvalue weighted by Gasteiger charge is -1.97. The van der Waals surface area contributed by atoms with Gasteiger partial charge in [0.25, 0.3) is 0 Å². The van der Waals surface area contributed by atoms with Crippen molar-refractivity contribution in [2.75, 3.05) is 5.73 Å². The average Bonchev–Trinajstić information content (AvgIpc) is 1.83. The van der Waals surface area contributed by atoms with Crippen molar-refractivity contribution in [3.8, 4) is 0 Å². The Labute approximate surface area is 87.4 Å². The molecule has 12 heavy (non-hydrogen) atoms. The standard InChI is InChI=1S/C6H6ClINO2S/c7-4-1-2-6(5(9)3-4)12(8,10)11/h1-3,8H,9H2/q+1. The molecule has 1 aromatic rings. The van der Waals surface area contributed by atoms with Crippen molar-refractivity contribution >= 4 is 24.3 Å². The lowest BCUT2D eigenvalue weighted by Crippen LogP contribution is -3.36. The van der Waals surface area contributed by atoms with Crippen LogP contribution in [0.25, 0.3) is 0 Å². The minimum absolute atomic E-state index is 0.122. The van der Waals surface area contributed by atoms with E-state index in [1.165, 1.54) is 18.2 Å². The van der Waals surface area contributed by atoms with Crippen LogP contribution >= 0.6 is 11.6 Å². The van der Waals surface area contributed by atoms with E-state index in [0.29, 0.717) is 5.02 Å². The van der Waals surface area contributed by atoms with Gasteiger partial charge >= 0.3 is 28.2 Å². The molecule has 0 aromatic heterocycles. The lowest BCUT2D eigenvalue weighted by molar-refractivity contribution is -0.164. The molecule has 0 aliphatic carbocycles. The molecule has 0 fully saturated rings. The Balaban J connectivity index is 3.39. The number of anilines is 1. The summed E-state index contributed by atoms with van der Waals surface area (Å²) in [5.41, 5.74) is 5.63. The molecule has 0 atom stereocenters. The molecule has 0 saturated carbocycles. The van der Waals surface area contributed by atoms with Crippen LogP contribution in [-0.2, 0) is 7.01 Å². The molecular formula is C6H6ClINO2S+. The summed E-state index contributed by atoms with van der Waals surface area (Å²) in [4.78, 5) is 0.122. The van der Waals surface area contributed by atoms with Gasteiger partial charge in [0, 0.05) is 5.02 Å². The van der Waals surface area contributed by atoms with Crippen LogP contribution in [0.5, 0.6) is 0 Å². The van der Waals surface area contributed by atoms with Gasteiger partial charge in [0.2, 0.25) is 0 Å². The maximum Gasteiger partial charge on any atom is 0.404 e. The van der Waals surface area contributed by atoms with Crippen LogP contribution in [0.2, 0.25) is 5.02 Å². The molecule has 0 amide bonds. The van der Waals surface area contributed by atoms with Gasteiger partial charge in [0.1, 0.15) is 4.90 Å². The molecule has 3 nitrogen and oxygen atoms in total. The summed E-state index contributed by atoms with van der Waals surface area (Å²) >= 11 is 6.62. The predicted octanol–water partition coefficient (Wildman–Crippen LogP) is -2.10. The van der Waals surface area contributed by atoms with Gasteiger partial charge in [0.05, 0.1) is 5.69 Å². The van der Waals surface area contributed by atoms with E-state index in [1.807, 2.05) is 0 Å². The molecule has 0 spiro atoms. The molecule has 1 rings (SSSR count). The Bertz CT molecular complexity index is 404. The third-order valence-corrected chi connectivity index (χ3v) is 3.92. The molecule has 0 aliphatic heterocycles. The monoisotopic (exact) mass is 318 g/mol. The van der Waals surface area contributed by atoms with Gasteiger partial charge in [-0.3, -0.25) is 0 Å². The summed E-state index contributed by atoms with van der Waals surface area (Å²) in [6.45, 7) is 0. The fourth-order valence-corrected chi connectivity index (χ4v) is 2.81. The fourth-order valence-electron chi connectivity index (χ4n) is 0.747. The maximum atomic E-state index is 11.0. The van der Waals surface area contributed by atoms with Crippen LogP contribution in [0, 0.1) is 0 Å². The lowest BCUT2D eigenvalue weighted by atomic mass is 10.3. The van der Waals surface area contributed by atoms with E-state index in [2.05, 4.69) is 0 Å². The number of hydrogen-bond donors (Lipinski definition) is 1. The van der Waals surface area contributed by atoms with Gasteiger partial charge in [-0.1, -0.05) is 11.6 Å². The molecule has 6 heteroatoms. The Kier molecular flexibility index (Phi) is 2.84.